The van der Waals surface area contributed by atoms with E-state index in [2.05, 4.69) is 10.00 Å². The molecule has 118 valence electrons. The van der Waals surface area contributed by atoms with Gasteiger partial charge in [-0.15, -0.1) is 0 Å². The topological polar surface area (TPSA) is 43.4 Å². The highest BCUT2D eigenvalue weighted by molar-refractivity contribution is 5.25. The molecule has 4 rings (SSSR count). The maximum atomic E-state index is 6.01. The number of rotatable bonds is 6. The molecule has 2 aromatic rings. The first-order valence-corrected chi connectivity index (χ1v) is 8.16. The molecule has 0 bridgehead atoms. The van der Waals surface area contributed by atoms with Crippen molar-refractivity contribution in [3.63, 3.8) is 0 Å². The summed E-state index contributed by atoms with van der Waals surface area (Å²) in [7, 11) is 2.03. The Morgan fingerprint density at radius 2 is 2.27 bits per heavy atom. The van der Waals surface area contributed by atoms with Crippen molar-refractivity contribution in [2.45, 2.75) is 31.8 Å². The van der Waals surface area contributed by atoms with Crippen LogP contribution in [0.3, 0.4) is 0 Å². The van der Waals surface area contributed by atoms with Gasteiger partial charge in [-0.3, -0.25) is 9.58 Å². The van der Waals surface area contributed by atoms with E-state index < -0.39 is 0 Å². The lowest BCUT2D eigenvalue weighted by Crippen LogP contribution is -2.38. The minimum absolute atomic E-state index is 0.264. The average Bonchev–Trinajstić information content (AvgIpc) is 3.05. The van der Waals surface area contributed by atoms with Gasteiger partial charge in [0.1, 0.15) is 5.76 Å². The number of nitrogens with zero attached hydrogens (tertiary/aromatic N) is 3. The zero-order chi connectivity index (χ0) is 14.9. The summed E-state index contributed by atoms with van der Waals surface area (Å²) in [6.07, 6.45) is 7.46. The fraction of sp³-hybridized carbons (Fsp3) is 0.588. The normalized spacial score (nSPS) is 22.0. The van der Waals surface area contributed by atoms with Gasteiger partial charge in [-0.1, -0.05) is 0 Å². The van der Waals surface area contributed by atoms with Crippen molar-refractivity contribution in [3.8, 4) is 0 Å². The minimum Gasteiger partial charge on any atom is -0.468 e. The minimum atomic E-state index is 0.264. The Hall–Kier alpha value is -1.59. The smallest absolute Gasteiger partial charge is 0.117 e. The number of hydrogen-bond acceptors (Lipinski definition) is 4. The molecule has 5 nitrogen and oxygen atoms in total. The number of fused-ring (bicyclic) bond motifs is 1. The highest BCUT2D eigenvalue weighted by atomic mass is 16.5. The summed E-state index contributed by atoms with van der Waals surface area (Å²) in [5, 5.41) is 4.45. The van der Waals surface area contributed by atoms with E-state index in [1.54, 1.807) is 6.26 Å². The SMILES string of the molecule is Cn1ncc2c1[C@H](COCC1CC1)N(Cc1ccco1)CC2. The van der Waals surface area contributed by atoms with Crippen LogP contribution in [0.25, 0.3) is 0 Å². The predicted octanol–water partition coefficient (Wildman–Crippen LogP) is 2.54. The molecule has 0 spiro atoms. The molecule has 1 atom stereocenters. The summed E-state index contributed by atoms with van der Waals surface area (Å²) >= 11 is 0. The molecule has 0 unspecified atom stereocenters. The molecule has 3 heterocycles. The van der Waals surface area contributed by atoms with Gasteiger partial charge in [0.15, 0.2) is 0 Å². The number of ether oxygens (including phenoxy) is 1. The monoisotopic (exact) mass is 301 g/mol. The van der Waals surface area contributed by atoms with Crippen LogP contribution in [0.5, 0.6) is 0 Å². The zero-order valence-electron chi connectivity index (χ0n) is 13.1. The van der Waals surface area contributed by atoms with Crippen molar-refractivity contribution in [3.05, 3.63) is 41.6 Å². The first kappa shape index (κ1) is 14.0. The van der Waals surface area contributed by atoms with Crippen molar-refractivity contribution < 1.29 is 9.15 Å². The van der Waals surface area contributed by atoms with Crippen molar-refractivity contribution in [2.75, 3.05) is 19.8 Å². The Morgan fingerprint density at radius 3 is 3.05 bits per heavy atom. The summed E-state index contributed by atoms with van der Waals surface area (Å²) in [6, 6.07) is 4.26. The Kier molecular flexibility index (Phi) is 3.76. The summed E-state index contributed by atoms with van der Waals surface area (Å²) in [4.78, 5) is 2.45. The van der Waals surface area contributed by atoms with Gasteiger partial charge in [-0.2, -0.15) is 5.10 Å². The molecule has 1 aliphatic heterocycles. The molecule has 2 aromatic heterocycles. The molecule has 22 heavy (non-hydrogen) atoms. The van der Waals surface area contributed by atoms with E-state index in [0.29, 0.717) is 0 Å². The van der Waals surface area contributed by atoms with Gasteiger partial charge in [0, 0.05) is 20.2 Å². The van der Waals surface area contributed by atoms with Gasteiger partial charge in [-0.25, -0.2) is 0 Å². The van der Waals surface area contributed by atoms with E-state index in [9.17, 15) is 0 Å². The lowest BCUT2D eigenvalue weighted by molar-refractivity contribution is 0.0384. The van der Waals surface area contributed by atoms with Gasteiger partial charge >= 0.3 is 0 Å². The van der Waals surface area contributed by atoms with Crippen LogP contribution in [-0.2, 0) is 24.8 Å². The molecule has 0 amide bonds. The first-order chi connectivity index (χ1) is 10.8. The molecule has 1 saturated carbocycles. The van der Waals surface area contributed by atoms with E-state index in [1.165, 1.54) is 24.1 Å². The summed E-state index contributed by atoms with van der Waals surface area (Å²) < 4.78 is 13.6. The number of aryl methyl sites for hydroxylation is 1. The quantitative estimate of drug-likeness (QED) is 0.822. The van der Waals surface area contributed by atoms with E-state index in [4.69, 9.17) is 9.15 Å². The van der Waals surface area contributed by atoms with Crippen LogP contribution in [0.1, 0.15) is 35.9 Å². The molecule has 0 radical (unpaired) electrons. The Balaban J connectivity index is 1.52. The fourth-order valence-electron chi connectivity index (χ4n) is 3.31. The van der Waals surface area contributed by atoms with Crippen molar-refractivity contribution in [1.29, 1.82) is 0 Å². The number of hydrogen-bond donors (Lipinski definition) is 0. The van der Waals surface area contributed by atoms with Crippen LogP contribution in [0.15, 0.2) is 29.0 Å². The Labute approximate surface area is 130 Å². The Bertz CT molecular complexity index is 616. The maximum Gasteiger partial charge on any atom is 0.117 e. The van der Waals surface area contributed by atoms with Crippen molar-refractivity contribution in [1.82, 2.24) is 14.7 Å². The zero-order valence-corrected chi connectivity index (χ0v) is 13.1. The second kappa shape index (κ2) is 5.89. The lowest BCUT2D eigenvalue weighted by atomic mass is 10.00. The molecule has 0 aromatic carbocycles. The highest BCUT2D eigenvalue weighted by Crippen LogP contribution is 2.33. The van der Waals surface area contributed by atoms with Gasteiger partial charge in [-0.05, 0) is 42.9 Å². The van der Waals surface area contributed by atoms with Crippen molar-refractivity contribution >= 4 is 0 Å². The first-order valence-electron chi connectivity index (χ1n) is 8.16. The van der Waals surface area contributed by atoms with Crippen LogP contribution in [-0.4, -0.2) is 34.4 Å². The van der Waals surface area contributed by atoms with Gasteiger partial charge in [0.2, 0.25) is 0 Å². The third kappa shape index (κ3) is 2.83. The molecular weight excluding hydrogens is 278 g/mol. The maximum absolute atomic E-state index is 6.01. The summed E-state index contributed by atoms with van der Waals surface area (Å²) in [5.74, 6) is 1.81. The van der Waals surface area contributed by atoms with E-state index in [0.717, 1.165) is 44.4 Å². The van der Waals surface area contributed by atoms with E-state index in [-0.39, 0.29) is 6.04 Å². The van der Waals surface area contributed by atoms with Gasteiger partial charge in [0.05, 0.1) is 37.3 Å². The van der Waals surface area contributed by atoms with Crippen LogP contribution >= 0.6 is 0 Å². The third-order valence-electron chi connectivity index (χ3n) is 4.75. The third-order valence-corrected chi connectivity index (χ3v) is 4.75. The van der Waals surface area contributed by atoms with Crippen molar-refractivity contribution in [2.24, 2.45) is 13.0 Å². The van der Waals surface area contributed by atoms with E-state index >= 15 is 0 Å². The number of aromatic nitrogens is 2. The molecular formula is C17H23N3O2. The van der Waals surface area contributed by atoms with Gasteiger partial charge in [0.25, 0.3) is 0 Å². The fourth-order valence-corrected chi connectivity index (χ4v) is 3.31. The molecule has 1 aliphatic carbocycles. The van der Waals surface area contributed by atoms with Crippen LogP contribution in [0.2, 0.25) is 0 Å². The Morgan fingerprint density at radius 1 is 1.36 bits per heavy atom. The van der Waals surface area contributed by atoms with Gasteiger partial charge < -0.3 is 9.15 Å². The number of furan rings is 1. The van der Waals surface area contributed by atoms with Crippen LogP contribution < -0.4 is 0 Å². The molecule has 5 heteroatoms. The molecule has 0 N–H and O–H groups in total. The average molecular weight is 301 g/mol. The summed E-state index contributed by atoms with van der Waals surface area (Å²) in [5.41, 5.74) is 2.66. The molecule has 1 fully saturated rings. The van der Waals surface area contributed by atoms with Crippen LogP contribution in [0, 0.1) is 5.92 Å². The largest absolute Gasteiger partial charge is 0.468 e. The lowest BCUT2D eigenvalue weighted by Gasteiger charge is -2.35. The molecule has 0 saturated heterocycles. The highest BCUT2D eigenvalue weighted by Gasteiger charge is 2.32. The molecule has 2 aliphatic rings. The second-order valence-corrected chi connectivity index (χ2v) is 6.48. The van der Waals surface area contributed by atoms with E-state index in [1.807, 2.05) is 30.1 Å². The van der Waals surface area contributed by atoms with Crippen LogP contribution in [0.4, 0.5) is 0 Å². The second-order valence-electron chi connectivity index (χ2n) is 6.48. The standard InChI is InChI=1S/C17H23N3O2/c1-19-17-14(9-18-19)6-7-20(10-15-3-2-8-22-15)16(17)12-21-11-13-4-5-13/h2-3,8-9,13,16H,4-7,10-12H2,1H3/t16-/m0/s1. The summed E-state index contributed by atoms with van der Waals surface area (Å²) in [6.45, 7) is 3.49. The predicted molar refractivity (Wildman–Crippen MR) is 82.3 cm³/mol.